The van der Waals surface area contributed by atoms with E-state index < -0.39 is 0 Å². The third-order valence-electron chi connectivity index (χ3n) is 4.56. The van der Waals surface area contributed by atoms with Crippen LogP contribution < -0.4 is 15.0 Å². The van der Waals surface area contributed by atoms with Crippen molar-refractivity contribution in [2.24, 2.45) is 4.99 Å². The number of piperazine rings is 1. The molecule has 28 heavy (non-hydrogen) atoms. The van der Waals surface area contributed by atoms with Gasteiger partial charge in [0, 0.05) is 44.5 Å². The maximum Gasteiger partial charge on any atom is 0.194 e. The second kappa shape index (κ2) is 11.7. The number of rotatable bonds is 6. The summed E-state index contributed by atoms with van der Waals surface area (Å²) in [5, 5.41) is 3.43. The lowest BCUT2D eigenvalue weighted by Crippen LogP contribution is -2.52. The summed E-state index contributed by atoms with van der Waals surface area (Å²) in [6.45, 7) is 9.97. The van der Waals surface area contributed by atoms with Crippen LogP contribution in [0.2, 0.25) is 0 Å². The van der Waals surface area contributed by atoms with Crippen LogP contribution in [0.4, 0.5) is 5.82 Å². The molecule has 1 aromatic heterocycles. The molecule has 1 aliphatic rings. The lowest BCUT2D eigenvalue weighted by molar-refractivity contribution is 0.336. The van der Waals surface area contributed by atoms with Crippen LogP contribution in [0.15, 0.2) is 53.7 Å². The molecule has 1 saturated heterocycles. The Balaban J connectivity index is 0.00000280. The molecule has 3 rings (SSSR count). The van der Waals surface area contributed by atoms with Crippen LogP contribution in [-0.2, 0) is 6.54 Å². The van der Waals surface area contributed by atoms with Gasteiger partial charge in [-0.15, -0.1) is 24.0 Å². The van der Waals surface area contributed by atoms with E-state index in [4.69, 9.17) is 9.73 Å². The van der Waals surface area contributed by atoms with Crippen molar-refractivity contribution in [3.8, 4) is 5.75 Å². The van der Waals surface area contributed by atoms with Crippen LogP contribution in [0.1, 0.15) is 19.4 Å². The Morgan fingerprint density at radius 3 is 2.50 bits per heavy atom. The lowest BCUT2D eigenvalue weighted by Gasteiger charge is -2.37. The standard InChI is InChI=1S/C21H29N5O.HI/c1-3-22-21(24-17-18-9-5-6-10-19(18)27-4-2)26-15-13-25(14-16-26)20-11-7-8-12-23-20;/h5-12H,3-4,13-17H2,1-2H3,(H,22,24);1H. The molecule has 0 spiro atoms. The molecule has 6 nitrogen and oxygen atoms in total. The highest BCUT2D eigenvalue weighted by molar-refractivity contribution is 14.0. The Labute approximate surface area is 185 Å². The van der Waals surface area contributed by atoms with Crippen molar-refractivity contribution < 1.29 is 4.74 Å². The second-order valence-electron chi connectivity index (χ2n) is 6.37. The number of ether oxygens (including phenoxy) is 1. The van der Waals surface area contributed by atoms with Gasteiger partial charge in [-0.05, 0) is 32.0 Å². The van der Waals surface area contributed by atoms with Gasteiger partial charge < -0.3 is 19.9 Å². The van der Waals surface area contributed by atoms with E-state index in [9.17, 15) is 0 Å². The fourth-order valence-corrected chi connectivity index (χ4v) is 3.20. The first-order valence-electron chi connectivity index (χ1n) is 9.71. The van der Waals surface area contributed by atoms with Gasteiger partial charge in [0.1, 0.15) is 11.6 Å². The molecular formula is C21H30IN5O. The Bertz CT molecular complexity index is 733. The van der Waals surface area contributed by atoms with Crippen molar-refractivity contribution in [2.75, 3.05) is 44.2 Å². The molecule has 0 saturated carbocycles. The molecule has 0 unspecified atom stereocenters. The van der Waals surface area contributed by atoms with Gasteiger partial charge in [-0.1, -0.05) is 24.3 Å². The zero-order chi connectivity index (χ0) is 18.9. The number of pyridine rings is 1. The Morgan fingerprint density at radius 1 is 1.07 bits per heavy atom. The van der Waals surface area contributed by atoms with E-state index in [1.54, 1.807) is 0 Å². The van der Waals surface area contributed by atoms with E-state index >= 15 is 0 Å². The number of anilines is 1. The quantitative estimate of drug-likeness (QED) is 0.379. The molecule has 0 radical (unpaired) electrons. The third-order valence-corrected chi connectivity index (χ3v) is 4.56. The molecule has 0 bridgehead atoms. The SMILES string of the molecule is CCNC(=NCc1ccccc1OCC)N1CCN(c2ccccn2)CC1.I. The molecule has 1 aliphatic heterocycles. The summed E-state index contributed by atoms with van der Waals surface area (Å²) < 4.78 is 5.72. The molecule has 2 heterocycles. The van der Waals surface area contributed by atoms with Crippen molar-refractivity contribution in [1.82, 2.24) is 15.2 Å². The van der Waals surface area contributed by atoms with Gasteiger partial charge in [-0.2, -0.15) is 0 Å². The molecule has 0 amide bonds. The summed E-state index contributed by atoms with van der Waals surface area (Å²) in [6.07, 6.45) is 1.85. The van der Waals surface area contributed by atoms with Crippen LogP contribution >= 0.6 is 24.0 Å². The number of halogens is 1. The summed E-state index contributed by atoms with van der Waals surface area (Å²) in [4.78, 5) is 14.0. The van der Waals surface area contributed by atoms with Crippen LogP contribution in [-0.4, -0.2) is 55.2 Å². The average Bonchev–Trinajstić information content (AvgIpc) is 2.73. The van der Waals surface area contributed by atoms with E-state index in [1.165, 1.54) is 0 Å². The van der Waals surface area contributed by atoms with E-state index in [0.717, 1.165) is 55.8 Å². The van der Waals surface area contributed by atoms with Crippen LogP contribution in [0.3, 0.4) is 0 Å². The molecule has 0 aliphatic carbocycles. The molecule has 1 aromatic carbocycles. The summed E-state index contributed by atoms with van der Waals surface area (Å²) in [7, 11) is 0. The summed E-state index contributed by atoms with van der Waals surface area (Å²) in [6, 6.07) is 14.2. The summed E-state index contributed by atoms with van der Waals surface area (Å²) >= 11 is 0. The van der Waals surface area contributed by atoms with E-state index in [0.29, 0.717) is 13.2 Å². The number of hydrogen-bond acceptors (Lipinski definition) is 4. The van der Waals surface area contributed by atoms with Gasteiger partial charge in [0.2, 0.25) is 0 Å². The third kappa shape index (κ3) is 5.98. The number of hydrogen-bond donors (Lipinski definition) is 1. The zero-order valence-corrected chi connectivity index (χ0v) is 19.0. The van der Waals surface area contributed by atoms with Crippen molar-refractivity contribution >= 4 is 35.8 Å². The Hall–Kier alpha value is -2.03. The first kappa shape index (κ1) is 22.3. The van der Waals surface area contributed by atoms with Gasteiger partial charge in [-0.25, -0.2) is 9.98 Å². The second-order valence-corrected chi connectivity index (χ2v) is 6.37. The van der Waals surface area contributed by atoms with E-state index in [1.807, 2.05) is 43.5 Å². The van der Waals surface area contributed by atoms with Gasteiger partial charge in [0.15, 0.2) is 5.96 Å². The number of nitrogens with zero attached hydrogens (tertiary/aromatic N) is 4. The molecule has 152 valence electrons. The van der Waals surface area contributed by atoms with E-state index in [2.05, 4.69) is 39.2 Å². The van der Waals surface area contributed by atoms with Crippen LogP contribution in [0, 0.1) is 0 Å². The van der Waals surface area contributed by atoms with E-state index in [-0.39, 0.29) is 24.0 Å². The van der Waals surface area contributed by atoms with Crippen molar-refractivity contribution in [3.63, 3.8) is 0 Å². The molecule has 1 N–H and O–H groups in total. The van der Waals surface area contributed by atoms with Gasteiger partial charge in [0.05, 0.1) is 13.2 Å². The normalized spacial score (nSPS) is 14.4. The first-order valence-corrected chi connectivity index (χ1v) is 9.71. The first-order chi connectivity index (χ1) is 13.3. The number of nitrogens with one attached hydrogen (secondary N) is 1. The molecule has 0 atom stereocenters. The Kier molecular flexibility index (Phi) is 9.33. The van der Waals surface area contributed by atoms with Crippen LogP contribution in [0.25, 0.3) is 0 Å². The van der Waals surface area contributed by atoms with Gasteiger partial charge >= 0.3 is 0 Å². The number of benzene rings is 1. The monoisotopic (exact) mass is 495 g/mol. The van der Waals surface area contributed by atoms with Gasteiger partial charge in [-0.3, -0.25) is 0 Å². The minimum Gasteiger partial charge on any atom is -0.494 e. The van der Waals surface area contributed by atoms with Crippen LogP contribution in [0.5, 0.6) is 5.75 Å². The summed E-state index contributed by atoms with van der Waals surface area (Å²) in [5.41, 5.74) is 1.11. The smallest absolute Gasteiger partial charge is 0.194 e. The number of aromatic nitrogens is 1. The molecular weight excluding hydrogens is 465 g/mol. The topological polar surface area (TPSA) is 53.0 Å². The molecule has 2 aromatic rings. The average molecular weight is 495 g/mol. The minimum atomic E-state index is 0. The fraction of sp³-hybridized carbons (Fsp3) is 0.429. The van der Waals surface area contributed by atoms with Gasteiger partial charge in [0.25, 0.3) is 0 Å². The predicted octanol–water partition coefficient (Wildman–Crippen LogP) is 3.39. The fourth-order valence-electron chi connectivity index (χ4n) is 3.20. The maximum absolute atomic E-state index is 5.72. The van der Waals surface area contributed by atoms with Crippen molar-refractivity contribution in [1.29, 1.82) is 0 Å². The Morgan fingerprint density at radius 2 is 1.82 bits per heavy atom. The van der Waals surface area contributed by atoms with Crippen molar-refractivity contribution in [3.05, 3.63) is 54.2 Å². The minimum absolute atomic E-state index is 0. The molecule has 7 heteroatoms. The highest BCUT2D eigenvalue weighted by Gasteiger charge is 2.20. The number of aliphatic imine (C=N–C) groups is 1. The largest absolute Gasteiger partial charge is 0.494 e. The van der Waals surface area contributed by atoms with Crippen molar-refractivity contribution in [2.45, 2.75) is 20.4 Å². The highest BCUT2D eigenvalue weighted by atomic mass is 127. The maximum atomic E-state index is 5.72. The summed E-state index contributed by atoms with van der Waals surface area (Å²) in [5.74, 6) is 2.92. The number of guanidine groups is 1. The predicted molar refractivity (Wildman–Crippen MR) is 126 cm³/mol. The lowest BCUT2D eigenvalue weighted by atomic mass is 10.2. The highest BCUT2D eigenvalue weighted by Crippen LogP contribution is 2.19. The molecule has 1 fully saturated rings. The zero-order valence-electron chi connectivity index (χ0n) is 16.7. The number of para-hydroxylation sites is 1.